The quantitative estimate of drug-likeness (QED) is 0.827. The number of nitrogens with zero attached hydrogens (tertiary/aromatic N) is 1. The molecule has 0 aliphatic carbocycles. The molecule has 0 radical (unpaired) electrons. The van der Waals surface area contributed by atoms with Crippen LogP contribution in [0.5, 0.6) is 5.75 Å². The molecule has 0 saturated carbocycles. The third-order valence-corrected chi connectivity index (χ3v) is 4.08. The molecule has 1 aliphatic heterocycles. The molecule has 1 aliphatic rings. The number of morpholine rings is 1. The molecule has 1 aromatic carbocycles. The summed E-state index contributed by atoms with van der Waals surface area (Å²) in [6.45, 7) is 4.90. The molecule has 1 fully saturated rings. The topological polar surface area (TPSA) is 50.8 Å². The zero-order valence-corrected chi connectivity index (χ0v) is 14.0. The average Bonchev–Trinajstić information content (AvgIpc) is 2.55. The third kappa shape index (κ3) is 5.42. The summed E-state index contributed by atoms with van der Waals surface area (Å²) in [6.07, 6.45) is 0. The summed E-state index contributed by atoms with van der Waals surface area (Å²) in [5.74, 6) is 0.0526. The van der Waals surface area contributed by atoms with Crippen molar-refractivity contribution in [3.05, 3.63) is 29.8 Å². The molecule has 1 aromatic rings. The van der Waals surface area contributed by atoms with Crippen LogP contribution in [0, 0.1) is 5.92 Å². The van der Waals surface area contributed by atoms with E-state index in [1.165, 1.54) is 18.2 Å². The first kappa shape index (κ1) is 18.6. The van der Waals surface area contributed by atoms with Crippen LogP contribution in [0.1, 0.15) is 24.2 Å². The number of nitrogens with one attached hydrogen (secondary N) is 1. The van der Waals surface area contributed by atoms with Crippen LogP contribution in [-0.2, 0) is 4.74 Å². The van der Waals surface area contributed by atoms with E-state index < -0.39 is 6.61 Å². The molecule has 1 saturated heterocycles. The number of benzene rings is 1. The second-order valence-electron chi connectivity index (χ2n) is 6.08. The van der Waals surface area contributed by atoms with Crippen molar-refractivity contribution in [2.24, 2.45) is 5.92 Å². The number of carbonyl (C=O) groups excluding carboxylic acids is 1. The molecule has 1 heterocycles. The molecule has 0 spiro atoms. The number of rotatable bonds is 7. The Morgan fingerprint density at radius 1 is 1.33 bits per heavy atom. The highest BCUT2D eigenvalue weighted by Gasteiger charge is 2.24. The van der Waals surface area contributed by atoms with Gasteiger partial charge in [-0.15, -0.1) is 0 Å². The number of hydrogen-bond acceptors (Lipinski definition) is 4. The second-order valence-corrected chi connectivity index (χ2v) is 6.08. The molecule has 24 heavy (non-hydrogen) atoms. The summed E-state index contributed by atoms with van der Waals surface area (Å²) < 4.78 is 34.2. The van der Waals surface area contributed by atoms with Gasteiger partial charge < -0.3 is 14.8 Å². The van der Waals surface area contributed by atoms with Crippen molar-refractivity contribution in [1.29, 1.82) is 0 Å². The zero-order valence-electron chi connectivity index (χ0n) is 14.0. The number of ether oxygens (including phenoxy) is 2. The van der Waals surface area contributed by atoms with Gasteiger partial charge >= 0.3 is 6.61 Å². The van der Waals surface area contributed by atoms with Crippen molar-refractivity contribution < 1.29 is 23.0 Å². The Morgan fingerprint density at radius 3 is 2.67 bits per heavy atom. The van der Waals surface area contributed by atoms with E-state index in [2.05, 4.69) is 28.8 Å². The normalized spacial score (nSPS) is 17.1. The Labute approximate surface area is 140 Å². The summed E-state index contributed by atoms with van der Waals surface area (Å²) in [5.41, 5.74) is 0.303. The van der Waals surface area contributed by atoms with Gasteiger partial charge in [0.25, 0.3) is 5.91 Å². The molecule has 1 N–H and O–H groups in total. The molecule has 5 nitrogen and oxygen atoms in total. The van der Waals surface area contributed by atoms with Crippen LogP contribution in [-0.4, -0.2) is 56.3 Å². The molecule has 1 amide bonds. The summed E-state index contributed by atoms with van der Waals surface area (Å²) in [4.78, 5) is 14.6. The van der Waals surface area contributed by atoms with E-state index in [-0.39, 0.29) is 17.7 Å². The smallest absolute Gasteiger partial charge is 0.387 e. The molecule has 7 heteroatoms. The highest BCUT2D eigenvalue weighted by atomic mass is 19.3. The van der Waals surface area contributed by atoms with Gasteiger partial charge in [-0.05, 0) is 24.1 Å². The molecule has 134 valence electrons. The lowest BCUT2D eigenvalue weighted by molar-refractivity contribution is -0.0498. The van der Waals surface area contributed by atoms with Crippen LogP contribution in [0.3, 0.4) is 0 Å². The molecule has 0 bridgehead atoms. The molecular formula is C17H24F2N2O3. The van der Waals surface area contributed by atoms with Crippen LogP contribution in [0.15, 0.2) is 24.3 Å². The molecule has 1 unspecified atom stereocenters. The number of carbonyl (C=O) groups is 1. The van der Waals surface area contributed by atoms with Crippen LogP contribution in [0.2, 0.25) is 0 Å². The first-order valence-electron chi connectivity index (χ1n) is 8.12. The highest BCUT2D eigenvalue weighted by molar-refractivity contribution is 5.94. The van der Waals surface area contributed by atoms with Crippen molar-refractivity contribution in [1.82, 2.24) is 10.2 Å². The van der Waals surface area contributed by atoms with E-state index in [1.54, 1.807) is 6.07 Å². The summed E-state index contributed by atoms with van der Waals surface area (Å²) in [6, 6.07) is 6.02. The Bertz CT molecular complexity index is 534. The maximum Gasteiger partial charge on any atom is 0.387 e. The van der Waals surface area contributed by atoms with Crippen LogP contribution < -0.4 is 10.1 Å². The van der Waals surface area contributed by atoms with Gasteiger partial charge in [0.1, 0.15) is 5.75 Å². The molecule has 0 aromatic heterocycles. The second kappa shape index (κ2) is 8.94. The minimum atomic E-state index is -2.91. The average molecular weight is 342 g/mol. The predicted octanol–water partition coefficient (Wildman–Crippen LogP) is 2.37. The van der Waals surface area contributed by atoms with Crippen molar-refractivity contribution in [2.45, 2.75) is 26.5 Å². The van der Waals surface area contributed by atoms with Gasteiger partial charge in [0.2, 0.25) is 0 Å². The van der Waals surface area contributed by atoms with Gasteiger partial charge in [0, 0.05) is 31.2 Å². The fourth-order valence-electron chi connectivity index (χ4n) is 2.81. The van der Waals surface area contributed by atoms with E-state index in [9.17, 15) is 13.6 Å². The Morgan fingerprint density at radius 2 is 2.04 bits per heavy atom. The lowest BCUT2D eigenvalue weighted by Crippen LogP contribution is -2.51. The lowest BCUT2D eigenvalue weighted by atomic mass is 10.0. The monoisotopic (exact) mass is 342 g/mol. The number of amides is 1. The van der Waals surface area contributed by atoms with E-state index in [0.29, 0.717) is 31.2 Å². The number of alkyl halides is 2. The highest BCUT2D eigenvalue weighted by Crippen LogP contribution is 2.16. The van der Waals surface area contributed by atoms with Crippen LogP contribution >= 0.6 is 0 Å². The molecular weight excluding hydrogens is 318 g/mol. The minimum Gasteiger partial charge on any atom is -0.435 e. The Hall–Kier alpha value is -1.73. The largest absolute Gasteiger partial charge is 0.435 e. The van der Waals surface area contributed by atoms with Crippen LogP contribution in [0.4, 0.5) is 8.78 Å². The van der Waals surface area contributed by atoms with Gasteiger partial charge in [-0.3, -0.25) is 9.69 Å². The Balaban J connectivity index is 1.95. The van der Waals surface area contributed by atoms with Crippen molar-refractivity contribution in [3.63, 3.8) is 0 Å². The van der Waals surface area contributed by atoms with E-state index in [4.69, 9.17) is 4.74 Å². The van der Waals surface area contributed by atoms with Crippen molar-refractivity contribution in [3.8, 4) is 5.75 Å². The standard InChI is InChI=1S/C17H24F2N2O3/c1-12(2)15(21-6-8-23-9-7-21)11-20-16(22)13-4-3-5-14(10-13)24-17(18)19/h3-5,10,12,15,17H,6-9,11H2,1-2H3,(H,20,22). The SMILES string of the molecule is CC(C)C(CNC(=O)c1cccc(OC(F)F)c1)N1CCOCC1. The number of hydrogen-bond donors (Lipinski definition) is 1. The maximum absolute atomic E-state index is 12.3. The van der Waals surface area contributed by atoms with Crippen molar-refractivity contribution >= 4 is 5.91 Å². The Kier molecular flexibility index (Phi) is 6.93. The first-order chi connectivity index (χ1) is 11.5. The zero-order chi connectivity index (χ0) is 17.5. The summed E-state index contributed by atoms with van der Waals surface area (Å²) in [5, 5.41) is 2.89. The van der Waals surface area contributed by atoms with Gasteiger partial charge in [-0.25, -0.2) is 0 Å². The van der Waals surface area contributed by atoms with E-state index in [1.807, 2.05) is 0 Å². The first-order valence-corrected chi connectivity index (χ1v) is 8.12. The lowest BCUT2D eigenvalue weighted by Gasteiger charge is -2.36. The minimum absolute atomic E-state index is 0.0220. The molecule has 2 rings (SSSR count). The van der Waals surface area contributed by atoms with E-state index >= 15 is 0 Å². The fraction of sp³-hybridized carbons (Fsp3) is 0.588. The maximum atomic E-state index is 12.3. The van der Waals surface area contributed by atoms with E-state index in [0.717, 1.165) is 13.1 Å². The van der Waals surface area contributed by atoms with Gasteiger partial charge in [-0.1, -0.05) is 19.9 Å². The van der Waals surface area contributed by atoms with Gasteiger partial charge in [0.05, 0.1) is 13.2 Å². The summed E-state index contributed by atoms with van der Waals surface area (Å²) in [7, 11) is 0. The van der Waals surface area contributed by atoms with Gasteiger partial charge in [-0.2, -0.15) is 8.78 Å². The third-order valence-electron chi connectivity index (χ3n) is 4.08. The molecule has 1 atom stereocenters. The predicted molar refractivity (Wildman–Crippen MR) is 86.4 cm³/mol. The fourth-order valence-corrected chi connectivity index (χ4v) is 2.81. The summed E-state index contributed by atoms with van der Waals surface area (Å²) >= 11 is 0. The van der Waals surface area contributed by atoms with Crippen LogP contribution in [0.25, 0.3) is 0 Å². The van der Waals surface area contributed by atoms with Gasteiger partial charge in [0.15, 0.2) is 0 Å². The van der Waals surface area contributed by atoms with Crippen molar-refractivity contribution in [2.75, 3.05) is 32.8 Å². The number of halogens is 2.